The minimum absolute atomic E-state index is 0.0163. The summed E-state index contributed by atoms with van der Waals surface area (Å²) < 4.78 is 1.94. The molecule has 24 heavy (non-hydrogen) atoms. The topological polar surface area (TPSA) is 78.7 Å². The van der Waals surface area contributed by atoms with Crippen molar-refractivity contribution in [3.8, 4) is 0 Å². The van der Waals surface area contributed by atoms with Gasteiger partial charge in [-0.2, -0.15) is 5.10 Å². The lowest BCUT2D eigenvalue weighted by Gasteiger charge is -2.47. The van der Waals surface area contributed by atoms with Gasteiger partial charge < -0.3 is 10.0 Å². The summed E-state index contributed by atoms with van der Waals surface area (Å²) in [5.74, 6) is -0.941. The fourth-order valence-corrected chi connectivity index (χ4v) is 3.92. The third kappa shape index (κ3) is 3.77. The summed E-state index contributed by atoms with van der Waals surface area (Å²) in [6.45, 7) is 6.29. The fraction of sp³-hybridized carbons (Fsp3) is 0.706. The van der Waals surface area contributed by atoms with Crippen molar-refractivity contribution in [2.24, 2.45) is 5.41 Å². The molecule has 1 aromatic heterocycles. The number of amides is 1. The number of aryl methyl sites for hydroxylation is 1. The SMILES string of the molecule is CCn1cc(CN2CCC3(CCC(=O)N(CC(=O)O)C3)CC2)cn1. The highest BCUT2D eigenvalue weighted by Gasteiger charge is 2.41. The zero-order valence-corrected chi connectivity index (χ0v) is 14.3. The van der Waals surface area contributed by atoms with Crippen LogP contribution in [0.15, 0.2) is 12.4 Å². The molecule has 2 fully saturated rings. The minimum atomic E-state index is -0.925. The largest absolute Gasteiger partial charge is 0.480 e. The fourth-order valence-electron chi connectivity index (χ4n) is 3.92. The van der Waals surface area contributed by atoms with E-state index in [1.807, 2.05) is 10.9 Å². The second kappa shape index (κ2) is 6.93. The number of carboxylic acids is 1. The molecule has 0 aliphatic carbocycles. The van der Waals surface area contributed by atoms with Crippen LogP contribution in [0.25, 0.3) is 0 Å². The third-order valence-electron chi connectivity index (χ3n) is 5.41. The van der Waals surface area contributed by atoms with Gasteiger partial charge in [0.05, 0.1) is 6.20 Å². The van der Waals surface area contributed by atoms with E-state index in [2.05, 4.69) is 23.1 Å². The van der Waals surface area contributed by atoms with Crippen LogP contribution in [0.5, 0.6) is 0 Å². The number of rotatable bonds is 5. The van der Waals surface area contributed by atoms with E-state index in [0.29, 0.717) is 13.0 Å². The smallest absolute Gasteiger partial charge is 0.323 e. The lowest BCUT2D eigenvalue weighted by molar-refractivity contribution is -0.149. The van der Waals surface area contributed by atoms with Gasteiger partial charge in [0.2, 0.25) is 5.91 Å². The molecule has 0 aromatic carbocycles. The number of hydrogen-bond donors (Lipinski definition) is 1. The Kier molecular flexibility index (Phi) is 4.89. The van der Waals surface area contributed by atoms with Crippen LogP contribution in [0.4, 0.5) is 0 Å². The monoisotopic (exact) mass is 334 g/mol. The van der Waals surface area contributed by atoms with E-state index in [4.69, 9.17) is 5.11 Å². The number of hydrogen-bond acceptors (Lipinski definition) is 4. The molecule has 0 radical (unpaired) electrons. The molecule has 0 saturated carbocycles. The molecule has 1 N–H and O–H groups in total. The number of carbonyl (C=O) groups is 2. The number of aliphatic carboxylic acids is 1. The highest BCUT2D eigenvalue weighted by molar-refractivity contribution is 5.82. The maximum Gasteiger partial charge on any atom is 0.323 e. The predicted molar refractivity (Wildman–Crippen MR) is 88.3 cm³/mol. The van der Waals surface area contributed by atoms with Crippen LogP contribution < -0.4 is 0 Å². The molecule has 3 heterocycles. The standard InChI is InChI=1S/C17H26N4O3/c1-2-21-11-14(9-18-21)10-19-7-5-17(6-8-19)4-3-15(22)20(13-17)12-16(23)24/h9,11H,2-8,10,12-13H2,1H3,(H,23,24). The average molecular weight is 334 g/mol. The van der Waals surface area contributed by atoms with E-state index < -0.39 is 5.97 Å². The Labute approximate surface area is 142 Å². The normalized spacial score (nSPS) is 21.4. The Morgan fingerprint density at radius 2 is 2.08 bits per heavy atom. The summed E-state index contributed by atoms with van der Waals surface area (Å²) in [6.07, 6.45) is 7.46. The van der Waals surface area contributed by atoms with Crippen molar-refractivity contribution >= 4 is 11.9 Å². The summed E-state index contributed by atoms with van der Waals surface area (Å²) in [6, 6.07) is 0. The van der Waals surface area contributed by atoms with E-state index in [0.717, 1.165) is 45.4 Å². The molecular formula is C17H26N4O3. The number of aromatic nitrogens is 2. The molecule has 0 unspecified atom stereocenters. The molecular weight excluding hydrogens is 308 g/mol. The highest BCUT2D eigenvalue weighted by Crippen LogP contribution is 2.40. The van der Waals surface area contributed by atoms with Gasteiger partial charge in [-0.15, -0.1) is 0 Å². The van der Waals surface area contributed by atoms with Crippen molar-refractivity contribution < 1.29 is 14.7 Å². The first kappa shape index (κ1) is 17.0. The van der Waals surface area contributed by atoms with Gasteiger partial charge in [-0.1, -0.05) is 0 Å². The number of carboxylic acid groups (broad SMARTS) is 1. The van der Waals surface area contributed by atoms with Crippen LogP contribution in [0.3, 0.4) is 0 Å². The number of nitrogens with zero attached hydrogens (tertiary/aromatic N) is 4. The molecule has 132 valence electrons. The summed E-state index contributed by atoms with van der Waals surface area (Å²) in [5, 5.41) is 13.3. The Bertz CT molecular complexity index is 605. The zero-order chi connectivity index (χ0) is 17.2. The first-order valence-corrected chi connectivity index (χ1v) is 8.73. The summed E-state index contributed by atoms with van der Waals surface area (Å²) >= 11 is 0. The molecule has 1 spiro atoms. The maximum atomic E-state index is 11.9. The van der Waals surface area contributed by atoms with Gasteiger partial charge in [0.1, 0.15) is 6.54 Å². The van der Waals surface area contributed by atoms with Crippen LogP contribution in [-0.2, 0) is 22.7 Å². The highest BCUT2D eigenvalue weighted by atomic mass is 16.4. The van der Waals surface area contributed by atoms with Crippen LogP contribution >= 0.6 is 0 Å². The third-order valence-corrected chi connectivity index (χ3v) is 5.41. The van der Waals surface area contributed by atoms with Crippen molar-refractivity contribution in [3.63, 3.8) is 0 Å². The lowest BCUT2D eigenvalue weighted by Crippen LogP contribution is -2.52. The van der Waals surface area contributed by atoms with Crippen molar-refractivity contribution in [2.75, 3.05) is 26.2 Å². The summed E-state index contributed by atoms with van der Waals surface area (Å²) in [4.78, 5) is 26.9. The van der Waals surface area contributed by atoms with E-state index in [1.165, 1.54) is 10.5 Å². The van der Waals surface area contributed by atoms with Gasteiger partial charge in [0.15, 0.2) is 0 Å². The molecule has 7 nitrogen and oxygen atoms in total. The number of piperidine rings is 2. The van der Waals surface area contributed by atoms with Gasteiger partial charge in [-0.25, -0.2) is 0 Å². The molecule has 3 rings (SSSR count). The van der Waals surface area contributed by atoms with Crippen LogP contribution in [0.2, 0.25) is 0 Å². The van der Waals surface area contributed by atoms with Crippen molar-refractivity contribution in [2.45, 2.75) is 45.7 Å². The number of likely N-dealkylation sites (tertiary alicyclic amines) is 2. The van der Waals surface area contributed by atoms with Crippen molar-refractivity contribution in [3.05, 3.63) is 18.0 Å². The second-order valence-electron chi connectivity index (χ2n) is 7.12. The lowest BCUT2D eigenvalue weighted by atomic mass is 9.72. The van der Waals surface area contributed by atoms with Gasteiger partial charge >= 0.3 is 5.97 Å². The Balaban J connectivity index is 1.55. The second-order valence-corrected chi connectivity index (χ2v) is 7.12. The van der Waals surface area contributed by atoms with Crippen molar-refractivity contribution in [1.29, 1.82) is 0 Å². The Hall–Kier alpha value is -1.89. The summed E-state index contributed by atoms with van der Waals surface area (Å²) in [5.41, 5.74) is 1.34. The Morgan fingerprint density at radius 3 is 2.71 bits per heavy atom. The maximum absolute atomic E-state index is 11.9. The molecule has 7 heteroatoms. The molecule has 2 saturated heterocycles. The molecule has 2 aliphatic heterocycles. The van der Waals surface area contributed by atoms with Gasteiger partial charge in [-0.3, -0.25) is 19.2 Å². The van der Waals surface area contributed by atoms with E-state index >= 15 is 0 Å². The minimum Gasteiger partial charge on any atom is -0.480 e. The first-order chi connectivity index (χ1) is 11.5. The molecule has 2 aliphatic rings. The van der Waals surface area contributed by atoms with Crippen molar-refractivity contribution in [1.82, 2.24) is 19.6 Å². The van der Waals surface area contributed by atoms with E-state index in [9.17, 15) is 9.59 Å². The molecule has 1 amide bonds. The van der Waals surface area contributed by atoms with Gasteiger partial charge in [-0.05, 0) is 44.7 Å². The van der Waals surface area contributed by atoms with Gasteiger partial charge in [0.25, 0.3) is 0 Å². The predicted octanol–water partition coefficient (Wildman–Crippen LogP) is 1.19. The van der Waals surface area contributed by atoms with E-state index in [-0.39, 0.29) is 17.9 Å². The Morgan fingerprint density at radius 1 is 1.33 bits per heavy atom. The summed E-state index contributed by atoms with van der Waals surface area (Å²) in [7, 11) is 0. The van der Waals surface area contributed by atoms with Crippen LogP contribution in [0, 0.1) is 5.41 Å². The average Bonchev–Trinajstić information content (AvgIpc) is 3.01. The molecule has 0 bridgehead atoms. The van der Waals surface area contributed by atoms with Gasteiger partial charge in [0, 0.05) is 37.8 Å². The molecule has 0 atom stereocenters. The zero-order valence-electron chi connectivity index (χ0n) is 14.3. The van der Waals surface area contributed by atoms with Crippen LogP contribution in [0.1, 0.15) is 38.2 Å². The van der Waals surface area contributed by atoms with E-state index in [1.54, 1.807) is 0 Å². The number of carbonyl (C=O) groups excluding carboxylic acids is 1. The van der Waals surface area contributed by atoms with Crippen LogP contribution in [-0.4, -0.2) is 62.7 Å². The first-order valence-electron chi connectivity index (χ1n) is 8.73. The molecule has 1 aromatic rings. The quantitative estimate of drug-likeness (QED) is 0.875.